The number of hydrogen-bond donors (Lipinski definition) is 2. The minimum atomic E-state index is -0.298. The maximum absolute atomic E-state index is 11.7. The maximum atomic E-state index is 11.7. The van der Waals surface area contributed by atoms with Crippen molar-refractivity contribution in [2.24, 2.45) is 5.73 Å². The number of hydrogen-bond acceptors (Lipinski definition) is 4. The fraction of sp³-hybridized carbons (Fsp3) is 0.556. The molecule has 0 aliphatic rings. The molecule has 1 aromatic heterocycles. The van der Waals surface area contributed by atoms with Crippen molar-refractivity contribution < 1.29 is 4.79 Å². The number of aromatic amines is 1. The standard InChI is InChI=1S/C9H16N4O2/c1-12(2)4-3-9(15)13-7(6-10)5-8(14)11-13/h5H,3-4,6,10H2,1-2H3,(H,11,14). The van der Waals surface area contributed by atoms with Gasteiger partial charge in [0, 0.05) is 25.6 Å². The predicted octanol–water partition coefficient (Wildman–Crippen LogP) is -0.773. The lowest BCUT2D eigenvalue weighted by atomic mass is 10.3. The summed E-state index contributed by atoms with van der Waals surface area (Å²) in [5, 5.41) is 2.43. The monoisotopic (exact) mass is 212 g/mol. The van der Waals surface area contributed by atoms with Crippen LogP contribution in [0.25, 0.3) is 0 Å². The van der Waals surface area contributed by atoms with Crippen LogP contribution in [-0.4, -0.2) is 41.2 Å². The van der Waals surface area contributed by atoms with Gasteiger partial charge in [-0.3, -0.25) is 14.7 Å². The molecule has 0 aromatic carbocycles. The van der Waals surface area contributed by atoms with Crippen LogP contribution >= 0.6 is 0 Å². The molecule has 0 saturated heterocycles. The van der Waals surface area contributed by atoms with Gasteiger partial charge in [-0.1, -0.05) is 0 Å². The maximum Gasteiger partial charge on any atom is 0.264 e. The topological polar surface area (TPSA) is 84.1 Å². The molecule has 6 heteroatoms. The van der Waals surface area contributed by atoms with E-state index in [1.54, 1.807) is 0 Å². The summed E-state index contributed by atoms with van der Waals surface area (Å²) in [6.45, 7) is 0.815. The Bertz CT molecular complexity index is 391. The van der Waals surface area contributed by atoms with Crippen molar-refractivity contribution in [3.63, 3.8) is 0 Å². The van der Waals surface area contributed by atoms with Gasteiger partial charge in [-0.25, -0.2) is 4.68 Å². The van der Waals surface area contributed by atoms with Crippen molar-refractivity contribution in [2.75, 3.05) is 20.6 Å². The van der Waals surface area contributed by atoms with E-state index in [4.69, 9.17) is 5.73 Å². The Morgan fingerprint density at radius 1 is 1.60 bits per heavy atom. The molecule has 0 spiro atoms. The summed E-state index contributed by atoms with van der Waals surface area (Å²) in [5.41, 5.74) is 5.64. The lowest BCUT2D eigenvalue weighted by molar-refractivity contribution is 0.0872. The third-order valence-electron chi connectivity index (χ3n) is 2.04. The molecule has 3 N–H and O–H groups in total. The highest BCUT2D eigenvalue weighted by Gasteiger charge is 2.10. The van der Waals surface area contributed by atoms with Crippen molar-refractivity contribution in [1.82, 2.24) is 14.7 Å². The van der Waals surface area contributed by atoms with Crippen LogP contribution in [0.4, 0.5) is 0 Å². The first-order valence-electron chi connectivity index (χ1n) is 4.73. The van der Waals surface area contributed by atoms with Gasteiger partial charge in [0.1, 0.15) is 0 Å². The minimum absolute atomic E-state index is 0.147. The molecule has 1 aromatic rings. The van der Waals surface area contributed by atoms with Crippen LogP contribution in [0.2, 0.25) is 0 Å². The number of carbonyl (C=O) groups is 1. The number of nitrogens with two attached hydrogens (primary N) is 1. The van der Waals surface area contributed by atoms with Gasteiger partial charge >= 0.3 is 0 Å². The largest absolute Gasteiger partial charge is 0.325 e. The molecule has 0 fully saturated rings. The van der Waals surface area contributed by atoms with Gasteiger partial charge in [0.05, 0.1) is 5.69 Å². The highest BCUT2D eigenvalue weighted by molar-refractivity contribution is 5.78. The minimum Gasteiger partial charge on any atom is -0.325 e. The van der Waals surface area contributed by atoms with Crippen LogP contribution in [0.1, 0.15) is 16.9 Å². The van der Waals surface area contributed by atoms with Gasteiger partial charge in [0.15, 0.2) is 0 Å². The van der Waals surface area contributed by atoms with Gasteiger partial charge < -0.3 is 10.6 Å². The summed E-state index contributed by atoms with van der Waals surface area (Å²) in [6, 6.07) is 1.34. The Balaban J connectivity index is 2.77. The lowest BCUT2D eigenvalue weighted by Gasteiger charge is -2.09. The molecule has 1 rings (SSSR count). The van der Waals surface area contributed by atoms with Crippen molar-refractivity contribution in [3.05, 3.63) is 22.1 Å². The Kier molecular flexibility index (Phi) is 3.81. The molecule has 15 heavy (non-hydrogen) atoms. The lowest BCUT2D eigenvalue weighted by Crippen LogP contribution is -2.23. The summed E-state index contributed by atoms with van der Waals surface area (Å²) in [4.78, 5) is 24.6. The van der Waals surface area contributed by atoms with Crippen molar-refractivity contribution in [1.29, 1.82) is 0 Å². The third-order valence-corrected chi connectivity index (χ3v) is 2.04. The zero-order valence-corrected chi connectivity index (χ0v) is 8.99. The zero-order chi connectivity index (χ0) is 11.4. The molecule has 0 saturated carbocycles. The Labute approximate surface area is 87.7 Å². The summed E-state index contributed by atoms with van der Waals surface area (Å²) >= 11 is 0. The second-order valence-electron chi connectivity index (χ2n) is 3.60. The molecule has 0 aliphatic carbocycles. The van der Waals surface area contributed by atoms with E-state index in [1.165, 1.54) is 10.7 Å². The van der Waals surface area contributed by atoms with Crippen LogP contribution < -0.4 is 11.3 Å². The van der Waals surface area contributed by atoms with Crippen molar-refractivity contribution in [3.8, 4) is 0 Å². The molecule has 0 radical (unpaired) electrons. The van der Waals surface area contributed by atoms with Gasteiger partial charge in [0.2, 0.25) is 5.91 Å². The Morgan fingerprint density at radius 2 is 2.27 bits per heavy atom. The molecule has 0 atom stereocenters. The van der Waals surface area contributed by atoms with E-state index in [0.29, 0.717) is 18.7 Å². The first-order valence-corrected chi connectivity index (χ1v) is 4.73. The normalized spacial score (nSPS) is 10.9. The van der Waals surface area contributed by atoms with Crippen LogP contribution in [-0.2, 0) is 6.54 Å². The number of rotatable bonds is 4. The second-order valence-corrected chi connectivity index (χ2v) is 3.60. The van der Waals surface area contributed by atoms with E-state index in [9.17, 15) is 9.59 Å². The van der Waals surface area contributed by atoms with Gasteiger partial charge in [0.25, 0.3) is 5.56 Å². The predicted molar refractivity (Wildman–Crippen MR) is 56.7 cm³/mol. The van der Waals surface area contributed by atoms with E-state index < -0.39 is 0 Å². The molecule has 0 amide bonds. The van der Waals surface area contributed by atoms with Crippen LogP contribution in [0.15, 0.2) is 10.9 Å². The van der Waals surface area contributed by atoms with E-state index >= 15 is 0 Å². The fourth-order valence-electron chi connectivity index (χ4n) is 1.23. The van der Waals surface area contributed by atoms with Gasteiger partial charge in [-0.2, -0.15) is 0 Å². The number of H-pyrrole nitrogens is 1. The molecule has 1 heterocycles. The van der Waals surface area contributed by atoms with E-state index in [1.807, 2.05) is 19.0 Å². The molecule has 6 nitrogen and oxygen atoms in total. The summed E-state index contributed by atoms with van der Waals surface area (Å²) in [5.74, 6) is -0.147. The summed E-state index contributed by atoms with van der Waals surface area (Å²) in [7, 11) is 3.77. The summed E-state index contributed by atoms with van der Waals surface area (Å²) < 4.78 is 1.23. The highest BCUT2D eigenvalue weighted by Crippen LogP contribution is 1.96. The van der Waals surface area contributed by atoms with Crippen molar-refractivity contribution in [2.45, 2.75) is 13.0 Å². The average Bonchev–Trinajstić information content (AvgIpc) is 2.56. The molecular formula is C9H16N4O2. The quantitative estimate of drug-likeness (QED) is 0.686. The number of aromatic nitrogens is 2. The molecule has 0 aliphatic heterocycles. The van der Waals surface area contributed by atoms with Crippen LogP contribution in [0, 0.1) is 0 Å². The number of nitrogens with one attached hydrogen (secondary N) is 1. The van der Waals surface area contributed by atoms with E-state index in [-0.39, 0.29) is 18.0 Å². The Hall–Kier alpha value is -1.40. The Morgan fingerprint density at radius 3 is 2.80 bits per heavy atom. The van der Waals surface area contributed by atoms with E-state index in [0.717, 1.165) is 0 Å². The molecular weight excluding hydrogens is 196 g/mol. The first kappa shape index (κ1) is 11.7. The number of carbonyl (C=O) groups excluding carboxylic acids is 1. The van der Waals surface area contributed by atoms with Gasteiger partial charge in [-0.15, -0.1) is 0 Å². The average molecular weight is 212 g/mol. The SMILES string of the molecule is CN(C)CCC(=O)n1[nH]c(=O)cc1CN. The third kappa shape index (κ3) is 3.03. The van der Waals surface area contributed by atoms with Crippen molar-refractivity contribution >= 4 is 5.91 Å². The van der Waals surface area contributed by atoms with E-state index in [2.05, 4.69) is 5.10 Å². The first-order chi connectivity index (χ1) is 7.04. The van der Waals surface area contributed by atoms with Gasteiger partial charge in [-0.05, 0) is 14.1 Å². The highest BCUT2D eigenvalue weighted by atomic mass is 16.2. The van der Waals surface area contributed by atoms with Crippen LogP contribution in [0.5, 0.6) is 0 Å². The smallest absolute Gasteiger partial charge is 0.264 e. The zero-order valence-electron chi connectivity index (χ0n) is 8.99. The fourth-order valence-corrected chi connectivity index (χ4v) is 1.23. The van der Waals surface area contributed by atoms with Crippen LogP contribution in [0.3, 0.4) is 0 Å². The summed E-state index contributed by atoms with van der Waals surface area (Å²) in [6.07, 6.45) is 0.352. The molecule has 0 unspecified atom stereocenters. The molecule has 0 bridgehead atoms. The molecule has 84 valence electrons. The second kappa shape index (κ2) is 4.90. The number of nitrogens with zero attached hydrogens (tertiary/aromatic N) is 2.